The van der Waals surface area contributed by atoms with E-state index in [1.165, 1.54) is 6.92 Å². The molecule has 0 bridgehead atoms. The molecule has 9 heteroatoms. The lowest BCUT2D eigenvalue weighted by Crippen LogP contribution is -2.49. The van der Waals surface area contributed by atoms with Crippen molar-refractivity contribution in [1.82, 2.24) is 10.6 Å². The molecule has 1 aliphatic rings. The molecule has 1 amide bonds. The number of nitrogens with one attached hydrogen (secondary N) is 2. The van der Waals surface area contributed by atoms with Crippen molar-refractivity contribution in [3.63, 3.8) is 0 Å². The Morgan fingerprint density at radius 3 is 2.47 bits per heavy atom. The predicted octanol–water partition coefficient (Wildman–Crippen LogP) is 3.53. The minimum Gasteiger partial charge on any atom is -0.390 e. The van der Waals surface area contributed by atoms with Crippen LogP contribution < -0.4 is 10.6 Å². The summed E-state index contributed by atoms with van der Waals surface area (Å²) in [5.74, 6) is -1.52. The second kappa shape index (κ2) is 10.3. The van der Waals surface area contributed by atoms with E-state index in [2.05, 4.69) is 10.6 Å². The molecule has 5 N–H and O–H groups in total. The molecular formula is C23H30F2N2O4S. The molecule has 1 unspecified atom stereocenters. The van der Waals surface area contributed by atoms with E-state index in [9.17, 15) is 27.8 Å². The molecule has 32 heavy (non-hydrogen) atoms. The average Bonchev–Trinajstić information content (AvgIpc) is 2.69. The van der Waals surface area contributed by atoms with Crippen LogP contribution in [0.2, 0.25) is 0 Å². The van der Waals surface area contributed by atoms with Crippen LogP contribution in [0.15, 0.2) is 36.4 Å². The number of rotatable bonds is 8. The van der Waals surface area contributed by atoms with Gasteiger partial charge in [0.25, 0.3) is 0 Å². The first-order chi connectivity index (χ1) is 15.1. The third kappa shape index (κ3) is 6.49. The SMILES string of the molecule is CCc1ccc2c(c1)C(NC[C@@H](O)[C@H](Cc1cc(F)cc(F)c1)NC(C)=O)CS(O)(O)C2. The fourth-order valence-corrected chi connectivity index (χ4v) is 5.80. The maximum Gasteiger partial charge on any atom is 0.217 e. The Bertz CT molecular complexity index is 953. The molecule has 0 spiro atoms. The molecule has 2 aromatic carbocycles. The van der Waals surface area contributed by atoms with Gasteiger partial charge in [-0.2, -0.15) is 10.6 Å². The summed E-state index contributed by atoms with van der Waals surface area (Å²) in [7, 11) is -2.81. The first-order valence-corrected chi connectivity index (χ1v) is 12.4. The van der Waals surface area contributed by atoms with Crippen LogP contribution in [0, 0.1) is 11.6 Å². The van der Waals surface area contributed by atoms with Crippen LogP contribution in [0.1, 0.15) is 42.1 Å². The number of hydrogen-bond donors (Lipinski definition) is 5. The van der Waals surface area contributed by atoms with E-state index in [-0.39, 0.29) is 36.4 Å². The minimum absolute atomic E-state index is 0.0352. The van der Waals surface area contributed by atoms with Crippen LogP contribution in [0.3, 0.4) is 0 Å². The van der Waals surface area contributed by atoms with Crippen molar-refractivity contribution >= 4 is 16.5 Å². The van der Waals surface area contributed by atoms with Crippen molar-refractivity contribution in [1.29, 1.82) is 0 Å². The van der Waals surface area contributed by atoms with Crippen LogP contribution in [0.4, 0.5) is 8.78 Å². The van der Waals surface area contributed by atoms with E-state index in [0.29, 0.717) is 5.56 Å². The highest BCUT2D eigenvalue weighted by atomic mass is 32.3. The Morgan fingerprint density at radius 2 is 1.84 bits per heavy atom. The molecule has 0 aliphatic carbocycles. The van der Waals surface area contributed by atoms with Gasteiger partial charge in [0.05, 0.1) is 29.7 Å². The van der Waals surface area contributed by atoms with Crippen molar-refractivity contribution in [3.05, 3.63) is 70.3 Å². The molecule has 0 saturated carbocycles. The van der Waals surface area contributed by atoms with E-state index < -0.39 is 34.4 Å². The van der Waals surface area contributed by atoms with Crippen molar-refractivity contribution in [3.8, 4) is 0 Å². The Balaban J connectivity index is 1.75. The second-order valence-electron chi connectivity index (χ2n) is 8.32. The zero-order valence-corrected chi connectivity index (χ0v) is 19.0. The van der Waals surface area contributed by atoms with Crippen molar-refractivity contribution in [2.45, 2.75) is 50.6 Å². The molecule has 3 rings (SSSR count). The average molecular weight is 469 g/mol. The third-order valence-corrected chi connectivity index (χ3v) is 7.26. The zero-order valence-electron chi connectivity index (χ0n) is 18.1. The standard InChI is InChI=1S/C23H30F2N2O4S/c1-3-15-4-5-17-12-32(30,31)13-22(20(17)8-15)26-11-23(29)21(27-14(2)28)9-16-6-18(24)10-19(25)7-16/h4-8,10,21-23,26,29-31H,3,9,11-13H2,1-2H3,(H,27,28)/t21-,22?,23+/m0/s1. The lowest BCUT2D eigenvalue weighted by atomic mass is 9.97. The van der Waals surface area contributed by atoms with Crippen molar-refractivity contribution < 1.29 is 27.8 Å². The molecular weight excluding hydrogens is 438 g/mol. The number of fused-ring (bicyclic) bond motifs is 1. The molecule has 176 valence electrons. The number of aliphatic hydroxyl groups is 1. The summed E-state index contributed by atoms with van der Waals surface area (Å²) in [6.45, 7) is 3.38. The summed E-state index contributed by atoms with van der Waals surface area (Å²) < 4.78 is 47.9. The number of carbonyl (C=O) groups excluding carboxylic acids is 1. The van der Waals surface area contributed by atoms with Gasteiger partial charge in [-0.1, -0.05) is 25.1 Å². The van der Waals surface area contributed by atoms with E-state index in [0.717, 1.165) is 41.3 Å². The summed E-state index contributed by atoms with van der Waals surface area (Å²) in [5.41, 5.74) is 3.25. The maximum absolute atomic E-state index is 13.6. The lowest BCUT2D eigenvalue weighted by molar-refractivity contribution is -0.120. The number of aryl methyl sites for hydroxylation is 1. The Kier molecular flexibility index (Phi) is 7.89. The van der Waals surface area contributed by atoms with Gasteiger partial charge in [0, 0.05) is 19.5 Å². The summed E-state index contributed by atoms with van der Waals surface area (Å²) >= 11 is 0. The molecule has 0 aromatic heterocycles. The van der Waals surface area contributed by atoms with Gasteiger partial charge >= 0.3 is 0 Å². The Hall–Kier alpha value is -2.04. The van der Waals surface area contributed by atoms with Gasteiger partial charge in [-0.3, -0.25) is 13.9 Å². The molecule has 0 fully saturated rings. The fraction of sp³-hybridized carbons (Fsp3) is 0.435. The quantitative estimate of drug-likeness (QED) is 0.408. The first-order valence-electron chi connectivity index (χ1n) is 10.5. The van der Waals surface area contributed by atoms with Crippen molar-refractivity contribution in [2.24, 2.45) is 0 Å². The van der Waals surface area contributed by atoms with Gasteiger partial charge in [-0.05, 0) is 47.2 Å². The van der Waals surface area contributed by atoms with E-state index in [4.69, 9.17) is 0 Å². The number of hydrogen-bond acceptors (Lipinski definition) is 5. The van der Waals surface area contributed by atoms with Crippen LogP contribution in [0.5, 0.6) is 0 Å². The smallest absolute Gasteiger partial charge is 0.217 e. The number of halogens is 2. The maximum atomic E-state index is 13.6. The van der Waals surface area contributed by atoms with Crippen LogP contribution in [0.25, 0.3) is 0 Å². The highest BCUT2D eigenvalue weighted by molar-refractivity contribution is 8.23. The van der Waals surface area contributed by atoms with Gasteiger partial charge < -0.3 is 15.7 Å². The zero-order chi connectivity index (χ0) is 23.5. The van der Waals surface area contributed by atoms with Crippen LogP contribution >= 0.6 is 10.6 Å². The number of aliphatic hydroxyl groups excluding tert-OH is 1. The highest BCUT2D eigenvalue weighted by Gasteiger charge is 2.31. The normalized spacial score (nSPS) is 20.2. The van der Waals surface area contributed by atoms with Gasteiger partial charge in [-0.15, -0.1) is 0 Å². The molecule has 6 nitrogen and oxygen atoms in total. The molecule has 0 radical (unpaired) electrons. The van der Waals surface area contributed by atoms with Crippen molar-refractivity contribution in [2.75, 3.05) is 12.3 Å². The van der Waals surface area contributed by atoms with E-state index in [1.54, 1.807) is 0 Å². The van der Waals surface area contributed by atoms with Crippen LogP contribution in [-0.2, 0) is 23.4 Å². The molecule has 2 aromatic rings. The topological polar surface area (TPSA) is 102 Å². The second-order valence-corrected chi connectivity index (χ2v) is 10.5. The number of benzene rings is 2. The Labute approximate surface area is 188 Å². The van der Waals surface area contributed by atoms with Gasteiger partial charge in [0.2, 0.25) is 5.91 Å². The number of carbonyl (C=O) groups is 1. The molecule has 1 aliphatic heterocycles. The lowest BCUT2D eigenvalue weighted by Gasteiger charge is -2.42. The summed E-state index contributed by atoms with van der Waals surface area (Å²) in [4.78, 5) is 11.7. The summed E-state index contributed by atoms with van der Waals surface area (Å²) in [6, 6.07) is 7.84. The highest BCUT2D eigenvalue weighted by Crippen LogP contribution is 2.50. The van der Waals surface area contributed by atoms with Gasteiger partial charge in [0.15, 0.2) is 0 Å². The minimum atomic E-state index is -2.81. The van der Waals surface area contributed by atoms with Gasteiger partial charge in [0.1, 0.15) is 11.6 Å². The predicted molar refractivity (Wildman–Crippen MR) is 122 cm³/mol. The largest absolute Gasteiger partial charge is 0.390 e. The molecule has 3 atom stereocenters. The van der Waals surface area contributed by atoms with E-state index in [1.807, 2.05) is 25.1 Å². The third-order valence-electron chi connectivity index (χ3n) is 5.62. The first kappa shape index (κ1) is 24.6. The monoisotopic (exact) mass is 468 g/mol. The Morgan fingerprint density at radius 1 is 1.16 bits per heavy atom. The van der Waals surface area contributed by atoms with Crippen LogP contribution in [-0.4, -0.2) is 44.6 Å². The molecule has 1 heterocycles. The summed E-state index contributed by atoms with van der Waals surface area (Å²) in [6.07, 6.45) is -0.201. The van der Waals surface area contributed by atoms with Gasteiger partial charge in [-0.25, -0.2) is 8.78 Å². The summed E-state index contributed by atoms with van der Waals surface area (Å²) in [5, 5.41) is 16.6. The fourth-order valence-electron chi connectivity index (χ4n) is 4.09. The van der Waals surface area contributed by atoms with E-state index >= 15 is 0 Å². The number of amides is 1. The molecule has 0 saturated heterocycles.